The molecule has 124 valence electrons. The van der Waals surface area contributed by atoms with E-state index in [-0.39, 0.29) is 5.91 Å². The van der Waals surface area contributed by atoms with Gasteiger partial charge in [0.2, 0.25) is 0 Å². The van der Waals surface area contributed by atoms with Crippen LogP contribution in [-0.2, 0) is 0 Å². The highest BCUT2D eigenvalue weighted by Crippen LogP contribution is 2.26. The van der Waals surface area contributed by atoms with Crippen molar-refractivity contribution in [2.45, 2.75) is 6.92 Å². The summed E-state index contributed by atoms with van der Waals surface area (Å²) in [5.74, 6) is -0.179. The zero-order valence-corrected chi connectivity index (χ0v) is 13.7. The first-order chi connectivity index (χ1) is 12.2. The topological polar surface area (TPSA) is 61.8 Å². The molecule has 5 heteroatoms. The van der Waals surface area contributed by atoms with Crippen LogP contribution in [0.2, 0.25) is 0 Å². The standard InChI is InChI=1S/C20H17N3O2/c1-15-7-9-16(10-8-15)20(24)21-17-11-13-19(14-12-17)23(22-25)18-5-3-2-4-6-18/h2-14H,1H3,(H,21,24). The van der Waals surface area contributed by atoms with E-state index < -0.39 is 0 Å². The monoisotopic (exact) mass is 331 g/mol. The Balaban J connectivity index is 1.74. The Morgan fingerprint density at radius 1 is 0.840 bits per heavy atom. The maximum absolute atomic E-state index is 12.2. The van der Waals surface area contributed by atoms with Crippen LogP contribution in [-0.4, -0.2) is 5.91 Å². The summed E-state index contributed by atoms with van der Waals surface area (Å²) < 4.78 is 0. The van der Waals surface area contributed by atoms with Crippen molar-refractivity contribution < 1.29 is 4.79 Å². The third-order valence-electron chi connectivity index (χ3n) is 3.77. The maximum Gasteiger partial charge on any atom is 0.255 e. The number of carbonyl (C=O) groups is 1. The molecule has 0 saturated carbocycles. The summed E-state index contributed by atoms with van der Waals surface area (Å²) in [5, 5.41) is 7.20. The van der Waals surface area contributed by atoms with Crippen LogP contribution in [0.3, 0.4) is 0 Å². The molecule has 0 aliphatic rings. The first-order valence-electron chi connectivity index (χ1n) is 7.84. The van der Waals surface area contributed by atoms with E-state index in [0.29, 0.717) is 22.6 Å². The van der Waals surface area contributed by atoms with E-state index in [4.69, 9.17) is 0 Å². The summed E-state index contributed by atoms with van der Waals surface area (Å²) in [4.78, 5) is 23.4. The van der Waals surface area contributed by atoms with Crippen molar-refractivity contribution in [2.75, 3.05) is 10.3 Å². The van der Waals surface area contributed by atoms with Crippen molar-refractivity contribution >= 4 is 23.0 Å². The number of amides is 1. The van der Waals surface area contributed by atoms with Gasteiger partial charge in [0.15, 0.2) is 0 Å². The molecule has 0 saturated heterocycles. The van der Waals surface area contributed by atoms with E-state index in [0.717, 1.165) is 5.56 Å². The number of nitrogens with zero attached hydrogens (tertiary/aromatic N) is 2. The molecule has 0 aliphatic heterocycles. The number of carbonyl (C=O) groups excluding carboxylic acids is 1. The molecule has 0 bridgehead atoms. The van der Waals surface area contributed by atoms with E-state index >= 15 is 0 Å². The molecule has 0 heterocycles. The van der Waals surface area contributed by atoms with E-state index in [1.54, 1.807) is 48.5 Å². The highest BCUT2D eigenvalue weighted by Gasteiger charge is 2.10. The molecule has 0 aliphatic carbocycles. The number of nitrogens with one attached hydrogen (secondary N) is 1. The fraction of sp³-hybridized carbons (Fsp3) is 0.0500. The molecule has 1 amide bonds. The van der Waals surface area contributed by atoms with Gasteiger partial charge in [-0.2, -0.15) is 5.01 Å². The minimum Gasteiger partial charge on any atom is -0.322 e. The van der Waals surface area contributed by atoms with Crippen molar-refractivity contribution in [3.05, 3.63) is 94.9 Å². The van der Waals surface area contributed by atoms with Crippen molar-refractivity contribution in [3.63, 3.8) is 0 Å². The second kappa shape index (κ2) is 7.40. The van der Waals surface area contributed by atoms with Gasteiger partial charge in [-0.1, -0.05) is 35.9 Å². The molecule has 0 fully saturated rings. The third kappa shape index (κ3) is 3.90. The summed E-state index contributed by atoms with van der Waals surface area (Å²) in [6, 6.07) is 23.5. The Morgan fingerprint density at radius 2 is 1.44 bits per heavy atom. The second-order valence-electron chi connectivity index (χ2n) is 5.60. The molecule has 0 unspecified atom stereocenters. The van der Waals surface area contributed by atoms with E-state index in [9.17, 15) is 9.70 Å². The van der Waals surface area contributed by atoms with Gasteiger partial charge in [0.05, 0.1) is 16.7 Å². The molecule has 5 nitrogen and oxygen atoms in total. The molecule has 1 N–H and O–H groups in total. The number of rotatable bonds is 5. The molecule has 0 aromatic heterocycles. The number of aryl methyl sites for hydroxylation is 1. The zero-order chi connectivity index (χ0) is 17.6. The summed E-state index contributed by atoms with van der Waals surface area (Å²) in [6.45, 7) is 1.97. The molecule has 0 spiro atoms. The van der Waals surface area contributed by atoms with Crippen LogP contribution in [0.1, 0.15) is 15.9 Å². The van der Waals surface area contributed by atoms with Crippen LogP contribution < -0.4 is 10.3 Å². The quantitative estimate of drug-likeness (QED) is 0.524. The van der Waals surface area contributed by atoms with Gasteiger partial charge < -0.3 is 5.32 Å². The Hall–Kier alpha value is -3.47. The average molecular weight is 331 g/mol. The van der Waals surface area contributed by atoms with Crippen molar-refractivity contribution in [2.24, 2.45) is 5.29 Å². The van der Waals surface area contributed by atoms with Gasteiger partial charge in [0.25, 0.3) is 5.91 Å². The van der Waals surface area contributed by atoms with Crippen LogP contribution in [0.4, 0.5) is 17.1 Å². The number of para-hydroxylation sites is 1. The Morgan fingerprint density at radius 3 is 2.04 bits per heavy atom. The molecule has 3 rings (SSSR count). The first-order valence-corrected chi connectivity index (χ1v) is 7.84. The number of anilines is 3. The summed E-state index contributed by atoms with van der Waals surface area (Å²) >= 11 is 0. The molecule has 0 atom stereocenters. The molecule has 25 heavy (non-hydrogen) atoms. The summed E-state index contributed by atoms with van der Waals surface area (Å²) in [5.41, 5.74) is 3.63. The lowest BCUT2D eigenvalue weighted by Gasteiger charge is -2.15. The van der Waals surface area contributed by atoms with Gasteiger partial charge in [0, 0.05) is 11.3 Å². The summed E-state index contributed by atoms with van der Waals surface area (Å²) in [6.07, 6.45) is 0. The van der Waals surface area contributed by atoms with Crippen molar-refractivity contribution in [1.29, 1.82) is 0 Å². The predicted octanol–water partition coefficient (Wildman–Crippen LogP) is 5.07. The Bertz CT molecular complexity index is 860. The second-order valence-corrected chi connectivity index (χ2v) is 5.60. The molecular formula is C20H17N3O2. The van der Waals surface area contributed by atoms with Crippen LogP contribution in [0.5, 0.6) is 0 Å². The van der Waals surface area contributed by atoms with Crippen LogP contribution in [0.15, 0.2) is 84.1 Å². The van der Waals surface area contributed by atoms with Gasteiger partial charge in [-0.15, -0.1) is 4.91 Å². The van der Waals surface area contributed by atoms with Crippen molar-refractivity contribution in [1.82, 2.24) is 0 Å². The predicted molar refractivity (Wildman–Crippen MR) is 100.0 cm³/mol. The third-order valence-corrected chi connectivity index (χ3v) is 3.77. The largest absolute Gasteiger partial charge is 0.322 e. The number of nitroso groups, excluding NO2 is 1. The fourth-order valence-corrected chi connectivity index (χ4v) is 2.41. The van der Waals surface area contributed by atoms with Crippen LogP contribution >= 0.6 is 0 Å². The van der Waals surface area contributed by atoms with Gasteiger partial charge in [-0.05, 0) is 55.5 Å². The van der Waals surface area contributed by atoms with Crippen LogP contribution in [0.25, 0.3) is 0 Å². The van der Waals surface area contributed by atoms with Gasteiger partial charge >= 0.3 is 0 Å². The Labute approximate surface area is 145 Å². The summed E-state index contributed by atoms with van der Waals surface area (Å²) in [7, 11) is 0. The van der Waals surface area contributed by atoms with E-state index in [1.165, 1.54) is 5.01 Å². The normalized spacial score (nSPS) is 10.1. The molecule has 3 aromatic rings. The lowest BCUT2D eigenvalue weighted by molar-refractivity contribution is 0.102. The van der Waals surface area contributed by atoms with E-state index in [1.807, 2.05) is 37.3 Å². The SMILES string of the molecule is Cc1ccc(C(=O)Nc2ccc(N(N=O)c3ccccc3)cc2)cc1. The minimum atomic E-state index is -0.179. The zero-order valence-electron chi connectivity index (χ0n) is 13.7. The molecule has 0 radical (unpaired) electrons. The molecule has 3 aromatic carbocycles. The van der Waals surface area contributed by atoms with Crippen LogP contribution in [0, 0.1) is 11.8 Å². The highest BCUT2D eigenvalue weighted by atomic mass is 16.3. The van der Waals surface area contributed by atoms with Gasteiger partial charge in [-0.3, -0.25) is 4.79 Å². The average Bonchev–Trinajstić information content (AvgIpc) is 2.65. The minimum absolute atomic E-state index is 0.179. The number of hydrogen-bond acceptors (Lipinski definition) is 3. The Kier molecular flexibility index (Phi) is 4.85. The molecular weight excluding hydrogens is 314 g/mol. The van der Waals surface area contributed by atoms with Crippen molar-refractivity contribution in [3.8, 4) is 0 Å². The maximum atomic E-state index is 12.2. The van der Waals surface area contributed by atoms with Gasteiger partial charge in [0.1, 0.15) is 0 Å². The lowest BCUT2D eigenvalue weighted by Crippen LogP contribution is -2.12. The van der Waals surface area contributed by atoms with Gasteiger partial charge in [-0.25, -0.2) is 0 Å². The number of hydrogen-bond donors (Lipinski definition) is 1. The smallest absolute Gasteiger partial charge is 0.255 e. The highest BCUT2D eigenvalue weighted by molar-refractivity contribution is 6.04. The first kappa shape index (κ1) is 16.4. The number of benzene rings is 3. The lowest BCUT2D eigenvalue weighted by atomic mass is 10.1. The van der Waals surface area contributed by atoms with E-state index in [2.05, 4.69) is 10.6 Å². The fourth-order valence-electron chi connectivity index (χ4n) is 2.41.